The number of nitrogens with zero attached hydrogens (tertiary/aromatic N) is 4. The van der Waals surface area contributed by atoms with Gasteiger partial charge in [-0.3, -0.25) is 23.7 Å². The number of rotatable bonds is 13. The molecule has 0 bridgehead atoms. The van der Waals surface area contributed by atoms with Gasteiger partial charge in [0.1, 0.15) is 23.0 Å². The van der Waals surface area contributed by atoms with Crippen molar-refractivity contribution in [2.24, 2.45) is 5.92 Å². The Morgan fingerprint density at radius 2 is 1.81 bits per heavy atom. The summed E-state index contributed by atoms with van der Waals surface area (Å²) in [4.78, 5) is 60.7. The Bertz CT molecular complexity index is 1790. The summed E-state index contributed by atoms with van der Waals surface area (Å²) < 4.78 is 54.3. The van der Waals surface area contributed by atoms with Crippen molar-refractivity contribution in [3.63, 3.8) is 0 Å². The first kappa shape index (κ1) is 38.9. The summed E-state index contributed by atoms with van der Waals surface area (Å²) in [7, 11) is 0. The molecule has 17 heteroatoms. The highest BCUT2D eigenvalue weighted by molar-refractivity contribution is 6.35. The first-order chi connectivity index (χ1) is 24.6. The molecule has 0 saturated carbocycles. The molecule has 0 radical (unpaired) electrons. The molecule has 3 atom stereocenters. The van der Waals surface area contributed by atoms with Gasteiger partial charge in [-0.25, -0.2) is 9.88 Å². The van der Waals surface area contributed by atoms with Gasteiger partial charge in [-0.1, -0.05) is 35.3 Å². The van der Waals surface area contributed by atoms with Gasteiger partial charge < -0.3 is 24.4 Å². The van der Waals surface area contributed by atoms with Crippen molar-refractivity contribution in [2.45, 2.75) is 64.4 Å². The first-order valence-corrected chi connectivity index (χ1v) is 17.4. The van der Waals surface area contributed by atoms with Crippen LogP contribution in [0.15, 0.2) is 48.7 Å². The first-order valence-electron chi connectivity index (χ1n) is 16.7. The lowest BCUT2D eigenvalue weighted by Gasteiger charge is -2.34. The van der Waals surface area contributed by atoms with E-state index in [1.807, 2.05) is 0 Å². The molecule has 5 rings (SSSR count). The molecule has 0 unspecified atom stereocenters. The Balaban J connectivity index is 1.35. The Kier molecular flexibility index (Phi) is 12.1. The fraction of sp³-hybridized carbons (Fsp3) is 0.457. The molecular formula is C35H38Cl2F3N5O7. The van der Waals surface area contributed by atoms with E-state index in [0.29, 0.717) is 31.9 Å². The normalized spacial score (nSPS) is 19.3. The second kappa shape index (κ2) is 16.1. The van der Waals surface area contributed by atoms with Crippen LogP contribution in [0.4, 0.5) is 24.8 Å². The van der Waals surface area contributed by atoms with Gasteiger partial charge in [0.05, 0.1) is 38.1 Å². The monoisotopic (exact) mass is 767 g/mol. The molecule has 1 aromatic heterocycles. The number of hydrogen-bond donors (Lipinski definition) is 1. The predicted molar refractivity (Wildman–Crippen MR) is 185 cm³/mol. The molecule has 2 aliphatic heterocycles. The van der Waals surface area contributed by atoms with E-state index in [0.717, 1.165) is 25.0 Å². The number of ether oxygens (including phenoxy) is 3. The van der Waals surface area contributed by atoms with Gasteiger partial charge in [0, 0.05) is 29.6 Å². The van der Waals surface area contributed by atoms with Crippen molar-refractivity contribution in [1.82, 2.24) is 19.8 Å². The Morgan fingerprint density at radius 1 is 1.12 bits per heavy atom. The molecule has 0 aliphatic carbocycles. The number of halogens is 5. The zero-order valence-corrected chi connectivity index (χ0v) is 30.2. The van der Waals surface area contributed by atoms with E-state index in [-0.39, 0.29) is 64.6 Å². The zero-order valence-electron chi connectivity index (χ0n) is 28.7. The lowest BCUT2D eigenvalue weighted by Crippen LogP contribution is -2.51. The number of hydrogen-bond acceptors (Lipinski definition) is 8. The third-order valence-corrected chi connectivity index (χ3v) is 9.24. The van der Waals surface area contributed by atoms with E-state index in [2.05, 4.69) is 15.0 Å². The molecular weight excluding hydrogens is 730 g/mol. The zero-order chi connectivity index (χ0) is 37.8. The average molecular weight is 769 g/mol. The molecule has 2 aliphatic rings. The van der Waals surface area contributed by atoms with Crippen molar-refractivity contribution in [2.75, 3.05) is 37.8 Å². The summed E-state index contributed by atoms with van der Waals surface area (Å²) in [6.07, 6.45) is -1.93. The molecule has 280 valence electrons. The minimum Gasteiger partial charge on any atom is -0.466 e. The van der Waals surface area contributed by atoms with Crippen molar-refractivity contribution in [3.8, 4) is 5.75 Å². The summed E-state index contributed by atoms with van der Waals surface area (Å²) in [5.41, 5.74) is -0.785. The fourth-order valence-corrected chi connectivity index (χ4v) is 7.00. The number of nitrogens with one attached hydrogen (secondary N) is 1. The quantitative estimate of drug-likeness (QED) is 0.164. The molecule has 0 spiro atoms. The van der Waals surface area contributed by atoms with Crippen molar-refractivity contribution in [3.05, 3.63) is 70.0 Å². The lowest BCUT2D eigenvalue weighted by atomic mass is 9.91. The van der Waals surface area contributed by atoms with Crippen LogP contribution in [0.1, 0.15) is 56.1 Å². The molecule has 3 heterocycles. The second-order valence-electron chi connectivity index (χ2n) is 12.8. The number of esters is 1. The summed E-state index contributed by atoms with van der Waals surface area (Å²) >= 11 is 12.5. The van der Waals surface area contributed by atoms with Crippen LogP contribution >= 0.6 is 23.2 Å². The van der Waals surface area contributed by atoms with Crippen LogP contribution in [0.2, 0.25) is 10.0 Å². The van der Waals surface area contributed by atoms with E-state index in [9.17, 15) is 32.3 Å². The molecule has 1 saturated heterocycles. The Labute approximate surface area is 308 Å². The highest BCUT2D eigenvalue weighted by Crippen LogP contribution is 2.43. The van der Waals surface area contributed by atoms with E-state index in [4.69, 9.17) is 32.7 Å². The molecule has 12 nitrogen and oxygen atoms in total. The van der Waals surface area contributed by atoms with Crippen LogP contribution < -0.4 is 15.0 Å². The molecule has 2 aromatic carbocycles. The number of alkyl halides is 3. The number of benzene rings is 2. The second-order valence-corrected chi connectivity index (χ2v) is 13.7. The lowest BCUT2D eigenvalue weighted by molar-refractivity contribution is -0.274. The Morgan fingerprint density at radius 3 is 2.46 bits per heavy atom. The van der Waals surface area contributed by atoms with Gasteiger partial charge in [-0.05, 0) is 75.4 Å². The number of likely N-dealkylation sites (tertiary alicyclic amines) is 1. The minimum atomic E-state index is -4.88. The smallest absolute Gasteiger partial charge is 0.466 e. The maximum absolute atomic E-state index is 14.3. The van der Waals surface area contributed by atoms with Crippen LogP contribution in [0.3, 0.4) is 0 Å². The highest BCUT2D eigenvalue weighted by Gasteiger charge is 2.51. The summed E-state index contributed by atoms with van der Waals surface area (Å²) in [5.74, 6) is -2.13. The maximum Gasteiger partial charge on any atom is 0.573 e. The van der Waals surface area contributed by atoms with E-state index >= 15 is 0 Å². The molecule has 1 N–H and O–H groups in total. The largest absolute Gasteiger partial charge is 0.573 e. The van der Waals surface area contributed by atoms with Gasteiger partial charge in [0.2, 0.25) is 11.9 Å². The number of carbonyl (C=O) groups is 4. The standard InChI is InChI=1S/C35H38Cl2F3N5O7/c1-4-51-29(46)11-13-50-20-23-6-5-12-43(19-23)31(48)21(2)42-30(47)28-18-41-33-44(26-15-24(36)14-25(37)16-26)32(49)34(3,45(28)33)17-22-7-9-27(10-8-22)52-35(38,39)40/h7-10,14-16,18,21,23H,4-6,11-13,17,19-20H2,1-3H3,(H,42,47)/t21-,23+,34+/m0/s1. The SMILES string of the molecule is CCOC(=O)CCOC[C@@H]1CCCN(C(=O)[C@H](C)NC(=O)c2cnc3n2[C@](C)(Cc2ccc(OC(F)(F)F)cc2)C(=O)N3c2cc(Cl)cc(Cl)c2)C1. The minimum absolute atomic E-state index is 0.0235. The molecule has 3 aromatic rings. The van der Waals surface area contributed by atoms with Crippen LogP contribution in [-0.2, 0) is 35.8 Å². The maximum atomic E-state index is 14.3. The number of aromatic nitrogens is 2. The number of carbonyl (C=O) groups excluding carboxylic acids is 4. The Hall–Kier alpha value is -4.34. The summed E-state index contributed by atoms with van der Waals surface area (Å²) in [5, 5.41) is 3.24. The van der Waals surface area contributed by atoms with E-state index in [1.54, 1.807) is 25.7 Å². The van der Waals surface area contributed by atoms with Gasteiger partial charge in [-0.2, -0.15) is 0 Å². The van der Waals surface area contributed by atoms with E-state index < -0.39 is 35.5 Å². The van der Waals surface area contributed by atoms with Gasteiger partial charge in [0.15, 0.2) is 0 Å². The molecule has 52 heavy (non-hydrogen) atoms. The number of amides is 3. The average Bonchev–Trinajstić information content (AvgIpc) is 3.60. The highest BCUT2D eigenvalue weighted by atomic mass is 35.5. The summed E-state index contributed by atoms with van der Waals surface area (Å²) in [6.45, 7) is 6.67. The van der Waals surface area contributed by atoms with Crippen LogP contribution in [-0.4, -0.2) is 83.5 Å². The third-order valence-electron chi connectivity index (χ3n) is 8.80. The van der Waals surface area contributed by atoms with Crippen molar-refractivity contribution < 1.29 is 46.6 Å². The molecule has 3 amide bonds. The number of fused-ring (bicyclic) bond motifs is 1. The van der Waals surface area contributed by atoms with Gasteiger partial charge >= 0.3 is 12.3 Å². The number of imidazole rings is 1. The van der Waals surface area contributed by atoms with Crippen molar-refractivity contribution in [1.29, 1.82) is 0 Å². The molecule has 1 fully saturated rings. The summed E-state index contributed by atoms with van der Waals surface area (Å²) in [6, 6.07) is 8.63. The fourth-order valence-electron chi connectivity index (χ4n) is 6.48. The van der Waals surface area contributed by atoms with Crippen molar-refractivity contribution >= 4 is 58.5 Å². The van der Waals surface area contributed by atoms with Crippen LogP contribution in [0.5, 0.6) is 5.75 Å². The third kappa shape index (κ3) is 8.99. The topological polar surface area (TPSA) is 132 Å². The van der Waals surface area contributed by atoms with Gasteiger partial charge in [0.25, 0.3) is 11.8 Å². The van der Waals surface area contributed by atoms with Gasteiger partial charge in [-0.15, -0.1) is 13.2 Å². The number of piperidine rings is 1. The van der Waals surface area contributed by atoms with E-state index in [1.165, 1.54) is 46.0 Å². The number of anilines is 2. The predicted octanol–water partition coefficient (Wildman–Crippen LogP) is 6.05. The van der Waals surface area contributed by atoms with Crippen LogP contribution in [0, 0.1) is 5.92 Å². The van der Waals surface area contributed by atoms with Crippen LogP contribution in [0.25, 0.3) is 0 Å².